The third-order valence-corrected chi connectivity index (χ3v) is 2.69. The molecule has 2 rings (SSSR count). The summed E-state index contributed by atoms with van der Waals surface area (Å²) in [5, 5.41) is 3.24. The molecule has 0 aliphatic carbocycles. The number of fused-ring (bicyclic) bond motifs is 1. The van der Waals surface area contributed by atoms with Gasteiger partial charge in [0.1, 0.15) is 2.74 Å². The van der Waals surface area contributed by atoms with E-state index in [0.717, 1.165) is 18.4 Å². The Morgan fingerprint density at radius 2 is 2.27 bits per heavy atom. The molecule has 1 aliphatic heterocycles. The highest BCUT2D eigenvalue weighted by Gasteiger charge is 2.14. The predicted molar refractivity (Wildman–Crippen MR) is 59.4 cm³/mol. The summed E-state index contributed by atoms with van der Waals surface area (Å²) >= 11 is 0. The molecule has 0 amide bonds. The van der Waals surface area contributed by atoms with Crippen molar-refractivity contribution in [3.8, 4) is 11.5 Å². The number of nitrogens with one attached hydrogen (secondary N) is 1. The van der Waals surface area contributed by atoms with Crippen molar-refractivity contribution in [3.63, 3.8) is 0 Å². The van der Waals surface area contributed by atoms with Crippen LogP contribution in [0, 0.1) is 0 Å². The molecule has 0 fully saturated rings. The van der Waals surface area contributed by atoms with Crippen LogP contribution >= 0.6 is 0 Å². The zero-order valence-electron chi connectivity index (χ0n) is 11.0. The van der Waals surface area contributed by atoms with E-state index in [-0.39, 0.29) is 0 Å². The monoisotopic (exact) mass is 209 g/mol. The molecule has 15 heavy (non-hydrogen) atoms. The van der Waals surface area contributed by atoms with Crippen LogP contribution in [0.2, 0.25) is 0 Å². The molecule has 3 heteroatoms. The first-order valence-corrected chi connectivity index (χ1v) is 5.22. The van der Waals surface area contributed by atoms with Gasteiger partial charge in [-0.15, -0.1) is 0 Å². The molecule has 1 heterocycles. The Morgan fingerprint density at radius 3 is 3.00 bits per heavy atom. The lowest BCUT2D eigenvalue weighted by Crippen LogP contribution is -2.26. The highest BCUT2D eigenvalue weighted by atomic mass is 16.7. The fourth-order valence-electron chi connectivity index (χ4n) is 1.69. The highest BCUT2D eigenvalue weighted by Crippen LogP contribution is 2.32. The van der Waals surface area contributed by atoms with Crippen molar-refractivity contribution in [3.05, 3.63) is 23.8 Å². The van der Waals surface area contributed by atoms with Gasteiger partial charge in [0.15, 0.2) is 11.5 Å². The van der Waals surface area contributed by atoms with E-state index >= 15 is 0 Å². The third kappa shape index (κ3) is 2.23. The van der Waals surface area contributed by atoms with Crippen LogP contribution in [0.3, 0.4) is 0 Å². The molecule has 0 bridgehead atoms. The van der Waals surface area contributed by atoms with Crippen molar-refractivity contribution in [2.75, 3.05) is 13.8 Å². The molecule has 0 aromatic heterocycles. The van der Waals surface area contributed by atoms with Crippen molar-refractivity contribution in [1.82, 2.24) is 5.32 Å². The minimum absolute atomic E-state index is 0.423. The van der Waals surface area contributed by atoms with Crippen molar-refractivity contribution in [2.45, 2.75) is 25.8 Å². The van der Waals surface area contributed by atoms with Gasteiger partial charge in [0, 0.05) is 6.04 Å². The number of hydrogen-bond donors (Lipinski definition) is 1. The van der Waals surface area contributed by atoms with Crippen LogP contribution in [-0.4, -0.2) is 19.8 Å². The molecule has 82 valence electrons. The first kappa shape index (κ1) is 7.99. The smallest absolute Gasteiger partial charge is 0.231 e. The molecule has 0 radical (unpaired) electrons. The standard InChI is InChI=1S/C12H17NO2/c1-3-10(13-2)6-9-4-5-11-12(7-9)15-8-14-11/h4-5,7,10,13H,3,6,8H2,1-2H3/t10-/m1/s1/i8D2. The number of rotatable bonds is 4. The summed E-state index contributed by atoms with van der Waals surface area (Å²) in [5.74, 6) is 0.953. The lowest BCUT2D eigenvalue weighted by atomic mass is 10.0. The minimum Gasteiger partial charge on any atom is -0.454 e. The van der Waals surface area contributed by atoms with Gasteiger partial charge in [-0.25, -0.2) is 0 Å². The van der Waals surface area contributed by atoms with Crippen LogP contribution in [0.4, 0.5) is 0 Å². The molecule has 1 N–H and O–H groups in total. The lowest BCUT2D eigenvalue weighted by Gasteiger charge is -2.13. The first-order valence-electron chi connectivity index (χ1n) is 6.22. The molecule has 3 nitrogen and oxygen atoms in total. The van der Waals surface area contributed by atoms with Gasteiger partial charge >= 0.3 is 0 Å². The van der Waals surface area contributed by atoms with Gasteiger partial charge in [0.25, 0.3) is 0 Å². The van der Waals surface area contributed by atoms with E-state index < -0.39 is 6.75 Å². The Bertz CT molecular complexity index is 405. The summed E-state index contributed by atoms with van der Waals surface area (Å²) in [7, 11) is 1.94. The molecule has 1 aliphatic rings. The van der Waals surface area contributed by atoms with E-state index in [1.165, 1.54) is 0 Å². The topological polar surface area (TPSA) is 30.5 Å². The molecule has 0 spiro atoms. The largest absolute Gasteiger partial charge is 0.454 e. The van der Waals surface area contributed by atoms with Crippen molar-refractivity contribution in [2.24, 2.45) is 0 Å². The molecule has 0 saturated heterocycles. The van der Waals surface area contributed by atoms with Gasteiger partial charge < -0.3 is 14.8 Å². The molecule has 1 atom stereocenters. The van der Waals surface area contributed by atoms with Crippen LogP contribution in [0.25, 0.3) is 0 Å². The summed E-state index contributed by atoms with van der Waals surface area (Å²) in [6.07, 6.45) is 1.94. The number of likely N-dealkylation sites (N-methyl/N-ethyl adjacent to an activating group) is 1. The Labute approximate surface area is 93.2 Å². The maximum Gasteiger partial charge on any atom is 0.231 e. The summed E-state index contributed by atoms with van der Waals surface area (Å²) in [6.45, 7) is 0.0981. The Kier molecular flexibility index (Phi) is 2.42. The van der Waals surface area contributed by atoms with Gasteiger partial charge in [-0.1, -0.05) is 13.0 Å². The molecule has 1 aromatic carbocycles. The van der Waals surface area contributed by atoms with Crippen LogP contribution in [-0.2, 0) is 6.42 Å². The van der Waals surface area contributed by atoms with Gasteiger partial charge in [0.05, 0.1) is 0 Å². The molecule has 1 aromatic rings. The van der Waals surface area contributed by atoms with E-state index in [9.17, 15) is 0 Å². The fraction of sp³-hybridized carbons (Fsp3) is 0.500. The normalized spacial score (nSPS) is 20.7. The van der Waals surface area contributed by atoms with Crippen molar-refractivity contribution >= 4 is 0 Å². The zero-order valence-corrected chi connectivity index (χ0v) is 9.04. The lowest BCUT2D eigenvalue weighted by molar-refractivity contribution is 0.174. The van der Waals surface area contributed by atoms with Gasteiger partial charge in [0.2, 0.25) is 6.75 Å². The molecular formula is C12H17NO2. The number of hydrogen-bond acceptors (Lipinski definition) is 3. The van der Waals surface area contributed by atoms with Crippen LogP contribution in [0.5, 0.6) is 11.5 Å². The fourth-order valence-corrected chi connectivity index (χ4v) is 1.69. The summed E-state index contributed by atoms with van der Waals surface area (Å²) in [6, 6.07) is 5.98. The first-order chi connectivity index (χ1) is 8.04. The Hall–Kier alpha value is -1.22. The zero-order chi connectivity index (χ0) is 12.5. The van der Waals surface area contributed by atoms with Gasteiger partial charge in [-0.2, -0.15) is 0 Å². The quantitative estimate of drug-likeness (QED) is 0.822. The van der Waals surface area contributed by atoms with Crippen molar-refractivity contribution in [1.29, 1.82) is 0 Å². The Balaban J connectivity index is 2.13. The van der Waals surface area contributed by atoms with Crippen LogP contribution in [0.15, 0.2) is 18.2 Å². The highest BCUT2D eigenvalue weighted by molar-refractivity contribution is 5.44. The van der Waals surface area contributed by atoms with E-state index in [2.05, 4.69) is 12.2 Å². The van der Waals surface area contributed by atoms with Gasteiger partial charge in [-0.3, -0.25) is 0 Å². The van der Waals surface area contributed by atoms with Gasteiger partial charge in [-0.05, 0) is 37.6 Å². The van der Waals surface area contributed by atoms with Crippen LogP contribution in [0.1, 0.15) is 21.6 Å². The maximum atomic E-state index is 7.37. The molecule has 0 unspecified atom stereocenters. The van der Waals surface area contributed by atoms with E-state index in [1.54, 1.807) is 6.07 Å². The predicted octanol–water partition coefficient (Wildman–Crippen LogP) is 1.96. The second-order valence-electron chi connectivity index (χ2n) is 3.67. The average Bonchev–Trinajstić information content (AvgIpc) is 2.58. The van der Waals surface area contributed by atoms with Crippen molar-refractivity contribution < 1.29 is 12.2 Å². The molecule has 0 saturated carbocycles. The van der Waals surface area contributed by atoms with E-state index in [0.29, 0.717) is 17.5 Å². The van der Waals surface area contributed by atoms with E-state index in [4.69, 9.17) is 12.2 Å². The second-order valence-corrected chi connectivity index (χ2v) is 3.67. The number of benzene rings is 1. The minimum atomic E-state index is -2.03. The third-order valence-electron chi connectivity index (χ3n) is 2.69. The van der Waals surface area contributed by atoms with Crippen LogP contribution < -0.4 is 14.8 Å². The Morgan fingerprint density at radius 1 is 1.47 bits per heavy atom. The molecular weight excluding hydrogens is 190 g/mol. The summed E-state index contributed by atoms with van der Waals surface area (Å²) in [5.41, 5.74) is 1.12. The summed E-state index contributed by atoms with van der Waals surface area (Å²) in [4.78, 5) is 0. The average molecular weight is 209 g/mol. The van der Waals surface area contributed by atoms with E-state index in [1.807, 2.05) is 19.2 Å². The maximum absolute atomic E-state index is 7.37. The SMILES string of the molecule is [2H]C1([2H])Oc2ccc(C[C@@H](CC)NC)cc2O1. The summed E-state index contributed by atoms with van der Waals surface area (Å²) < 4.78 is 24.8. The number of ether oxygens (including phenoxy) is 2. The second kappa shape index (κ2) is 4.53.